The summed E-state index contributed by atoms with van der Waals surface area (Å²) in [7, 11) is 2.99. The van der Waals surface area contributed by atoms with Crippen LogP contribution in [0.5, 0.6) is 0 Å². The molecule has 0 aliphatic rings. The zero-order valence-corrected chi connectivity index (χ0v) is 10.5. The average molecular weight is 249 g/mol. The van der Waals surface area contributed by atoms with E-state index in [4.69, 9.17) is 14.7 Å². The maximum absolute atomic E-state index is 11.8. The van der Waals surface area contributed by atoms with Crippen LogP contribution in [-0.4, -0.2) is 37.4 Å². The van der Waals surface area contributed by atoms with Crippen molar-refractivity contribution in [2.24, 2.45) is 0 Å². The molecule has 1 rings (SSSR count). The molecular weight excluding hydrogens is 234 g/mol. The number of ether oxygens (including phenoxy) is 2. The van der Waals surface area contributed by atoms with Crippen LogP contribution < -0.4 is 5.32 Å². The fraction of sp³-hybridized carbons (Fsp3) is 0.417. The van der Waals surface area contributed by atoms with Crippen molar-refractivity contribution in [3.05, 3.63) is 29.6 Å². The van der Waals surface area contributed by atoms with E-state index in [1.54, 1.807) is 6.92 Å². The number of amides is 1. The highest BCUT2D eigenvalue weighted by Crippen LogP contribution is 2.02. The van der Waals surface area contributed by atoms with Gasteiger partial charge in [0.15, 0.2) is 6.29 Å². The van der Waals surface area contributed by atoms with Gasteiger partial charge >= 0.3 is 0 Å². The molecule has 0 aliphatic carbocycles. The van der Waals surface area contributed by atoms with Gasteiger partial charge in [-0.25, -0.2) is 4.98 Å². The molecule has 0 aliphatic heterocycles. The molecule has 6 nitrogen and oxygen atoms in total. The van der Waals surface area contributed by atoms with E-state index < -0.39 is 6.29 Å². The minimum Gasteiger partial charge on any atom is -0.354 e. The highest BCUT2D eigenvalue weighted by atomic mass is 16.7. The van der Waals surface area contributed by atoms with Crippen molar-refractivity contribution in [2.45, 2.75) is 19.3 Å². The third kappa shape index (κ3) is 3.52. The molecule has 1 atom stereocenters. The van der Waals surface area contributed by atoms with Crippen LogP contribution in [0.15, 0.2) is 18.3 Å². The maximum Gasteiger partial charge on any atom is 0.270 e. The third-order valence-corrected chi connectivity index (χ3v) is 2.36. The second-order valence-electron chi connectivity index (χ2n) is 3.65. The zero-order valence-electron chi connectivity index (χ0n) is 10.5. The summed E-state index contributed by atoms with van der Waals surface area (Å²) in [5.74, 6) is -0.342. The van der Waals surface area contributed by atoms with Gasteiger partial charge in [-0.05, 0) is 19.1 Å². The summed E-state index contributed by atoms with van der Waals surface area (Å²) in [5, 5.41) is 11.3. The molecule has 0 fully saturated rings. The summed E-state index contributed by atoms with van der Waals surface area (Å²) in [4.78, 5) is 15.7. The molecule has 96 valence electrons. The van der Waals surface area contributed by atoms with Gasteiger partial charge in [-0.1, -0.05) is 0 Å². The first-order valence-corrected chi connectivity index (χ1v) is 5.35. The van der Waals surface area contributed by atoms with E-state index in [2.05, 4.69) is 10.3 Å². The van der Waals surface area contributed by atoms with Gasteiger partial charge in [-0.2, -0.15) is 5.26 Å². The molecule has 0 saturated carbocycles. The zero-order chi connectivity index (χ0) is 13.5. The quantitative estimate of drug-likeness (QED) is 0.776. The number of carbonyl (C=O) groups is 1. The molecule has 1 amide bonds. The van der Waals surface area contributed by atoms with Crippen molar-refractivity contribution in [1.82, 2.24) is 10.3 Å². The minimum atomic E-state index is -0.521. The maximum atomic E-state index is 11.8. The van der Waals surface area contributed by atoms with Crippen LogP contribution >= 0.6 is 0 Å². The molecule has 0 bridgehead atoms. The van der Waals surface area contributed by atoms with Crippen LogP contribution in [0.2, 0.25) is 0 Å². The smallest absolute Gasteiger partial charge is 0.270 e. The number of methoxy groups -OCH3 is 2. The fourth-order valence-electron chi connectivity index (χ4n) is 1.45. The Bertz CT molecular complexity index is 435. The van der Waals surface area contributed by atoms with Crippen molar-refractivity contribution in [3.8, 4) is 6.07 Å². The Balaban J connectivity index is 2.67. The van der Waals surface area contributed by atoms with Crippen molar-refractivity contribution in [3.63, 3.8) is 0 Å². The highest BCUT2D eigenvalue weighted by Gasteiger charge is 2.19. The van der Waals surface area contributed by atoms with Crippen LogP contribution in [0.4, 0.5) is 0 Å². The summed E-state index contributed by atoms with van der Waals surface area (Å²) in [6, 6.07) is 4.65. The van der Waals surface area contributed by atoms with Crippen LogP contribution in [0.1, 0.15) is 23.0 Å². The number of nitriles is 1. The lowest BCUT2D eigenvalue weighted by Crippen LogP contribution is -2.43. The van der Waals surface area contributed by atoms with Crippen LogP contribution in [0.3, 0.4) is 0 Å². The monoisotopic (exact) mass is 249 g/mol. The molecule has 1 unspecified atom stereocenters. The van der Waals surface area contributed by atoms with E-state index in [0.717, 1.165) is 0 Å². The highest BCUT2D eigenvalue weighted by molar-refractivity contribution is 5.92. The number of pyridine rings is 1. The predicted molar refractivity (Wildman–Crippen MR) is 63.7 cm³/mol. The molecule has 18 heavy (non-hydrogen) atoms. The Labute approximate surface area is 106 Å². The summed E-state index contributed by atoms with van der Waals surface area (Å²) in [6.07, 6.45) is 0.830. The Hall–Kier alpha value is -1.97. The van der Waals surface area contributed by atoms with Gasteiger partial charge in [0.2, 0.25) is 0 Å². The predicted octanol–water partition coefficient (Wildman–Crippen LogP) is 0.690. The summed E-state index contributed by atoms with van der Waals surface area (Å²) >= 11 is 0. The van der Waals surface area contributed by atoms with Crippen molar-refractivity contribution in [2.75, 3.05) is 14.2 Å². The summed E-state index contributed by atoms with van der Waals surface area (Å²) in [5.41, 5.74) is 0.651. The van der Waals surface area contributed by atoms with Crippen molar-refractivity contribution >= 4 is 5.91 Å². The summed E-state index contributed by atoms with van der Waals surface area (Å²) in [6.45, 7) is 1.76. The van der Waals surface area contributed by atoms with Gasteiger partial charge in [0.05, 0.1) is 11.6 Å². The second-order valence-corrected chi connectivity index (χ2v) is 3.65. The van der Waals surface area contributed by atoms with E-state index in [9.17, 15) is 4.79 Å². The molecule has 1 aromatic rings. The Kier molecular flexibility index (Phi) is 5.24. The first-order valence-electron chi connectivity index (χ1n) is 5.35. The van der Waals surface area contributed by atoms with Crippen molar-refractivity contribution in [1.29, 1.82) is 5.26 Å². The lowest BCUT2D eigenvalue weighted by atomic mass is 10.2. The van der Waals surface area contributed by atoms with Crippen LogP contribution in [-0.2, 0) is 9.47 Å². The van der Waals surface area contributed by atoms with Gasteiger partial charge in [-0.15, -0.1) is 0 Å². The third-order valence-electron chi connectivity index (χ3n) is 2.36. The van der Waals surface area contributed by atoms with E-state index in [1.807, 2.05) is 6.07 Å². The molecular formula is C12H15N3O3. The van der Waals surface area contributed by atoms with Gasteiger partial charge in [0.25, 0.3) is 5.91 Å². The number of hydrogen-bond donors (Lipinski definition) is 1. The number of rotatable bonds is 5. The normalized spacial score (nSPS) is 11.9. The Morgan fingerprint density at radius 3 is 2.56 bits per heavy atom. The van der Waals surface area contributed by atoms with Gasteiger partial charge in [-0.3, -0.25) is 4.79 Å². The first-order chi connectivity index (χ1) is 8.62. The fourth-order valence-corrected chi connectivity index (χ4v) is 1.45. The minimum absolute atomic E-state index is 0.242. The van der Waals surface area contributed by atoms with Gasteiger partial charge < -0.3 is 14.8 Å². The van der Waals surface area contributed by atoms with Crippen molar-refractivity contribution < 1.29 is 14.3 Å². The lowest BCUT2D eigenvalue weighted by Gasteiger charge is -2.21. The Morgan fingerprint density at radius 1 is 1.44 bits per heavy atom. The lowest BCUT2D eigenvalue weighted by molar-refractivity contribution is -0.117. The number of aromatic nitrogens is 1. The molecule has 0 saturated heterocycles. The number of hydrogen-bond acceptors (Lipinski definition) is 5. The molecule has 1 heterocycles. The number of carbonyl (C=O) groups excluding carboxylic acids is 1. The van der Waals surface area contributed by atoms with Crippen LogP contribution in [0.25, 0.3) is 0 Å². The molecule has 1 N–H and O–H groups in total. The van der Waals surface area contributed by atoms with Crippen LogP contribution in [0, 0.1) is 11.3 Å². The Morgan fingerprint density at radius 2 is 2.11 bits per heavy atom. The average Bonchev–Trinajstić information content (AvgIpc) is 2.40. The standard InChI is InChI=1S/C12H15N3O3/c1-8(12(17-2)18-3)15-11(16)10-5-4-9(6-13)7-14-10/h4-5,7-8,12H,1-3H3,(H,15,16). The van der Waals surface area contributed by atoms with E-state index in [0.29, 0.717) is 5.56 Å². The molecule has 1 aromatic heterocycles. The second kappa shape index (κ2) is 6.69. The van der Waals surface area contributed by atoms with E-state index >= 15 is 0 Å². The molecule has 0 radical (unpaired) electrons. The summed E-state index contributed by atoms with van der Waals surface area (Å²) < 4.78 is 10.1. The first kappa shape index (κ1) is 14.1. The number of nitrogens with one attached hydrogen (secondary N) is 1. The number of nitrogens with zero attached hydrogens (tertiary/aromatic N) is 2. The van der Waals surface area contributed by atoms with E-state index in [-0.39, 0.29) is 17.6 Å². The molecule has 0 spiro atoms. The van der Waals surface area contributed by atoms with Gasteiger partial charge in [0, 0.05) is 20.4 Å². The van der Waals surface area contributed by atoms with E-state index in [1.165, 1.54) is 32.5 Å². The van der Waals surface area contributed by atoms with Gasteiger partial charge in [0.1, 0.15) is 11.8 Å². The molecule has 0 aromatic carbocycles. The largest absolute Gasteiger partial charge is 0.354 e. The molecule has 6 heteroatoms. The SMILES string of the molecule is COC(OC)C(C)NC(=O)c1ccc(C#N)cn1. The topological polar surface area (TPSA) is 84.2 Å².